The van der Waals surface area contributed by atoms with E-state index in [-0.39, 0.29) is 5.82 Å². The molecule has 0 aliphatic rings. The molecule has 104 valence electrons. The molecule has 0 radical (unpaired) electrons. The number of halogens is 1. The highest BCUT2D eigenvalue weighted by molar-refractivity contribution is 6.94. The molecule has 0 saturated heterocycles. The third-order valence-corrected chi connectivity index (χ3v) is 7.35. The molecule has 0 aliphatic heterocycles. The van der Waals surface area contributed by atoms with Gasteiger partial charge in [-0.1, -0.05) is 80.5 Å². The lowest BCUT2D eigenvalue weighted by atomic mass is 10.2. The van der Waals surface area contributed by atoms with Crippen molar-refractivity contribution >= 4 is 21.3 Å². The Hall–Kier alpha value is -0.936. The van der Waals surface area contributed by atoms with E-state index in [0.717, 1.165) is 10.8 Å². The summed E-state index contributed by atoms with van der Waals surface area (Å²) in [4.78, 5) is 0. The monoisotopic (exact) mass is 292 g/mol. The van der Waals surface area contributed by atoms with E-state index < -0.39 is 16.1 Å². The van der Waals surface area contributed by atoms with Crippen molar-refractivity contribution in [3.63, 3.8) is 0 Å². The Labute approximate surface area is 119 Å². The molecule has 0 spiro atoms. The van der Waals surface area contributed by atoms with Crippen LogP contribution in [0.15, 0.2) is 42.1 Å². The predicted molar refractivity (Wildman–Crippen MR) is 90.2 cm³/mol. The van der Waals surface area contributed by atoms with Gasteiger partial charge in [-0.15, -0.1) is 0 Å². The minimum atomic E-state index is -1.62. The molecule has 1 aromatic rings. The normalized spacial score (nSPS) is 13.5. The minimum absolute atomic E-state index is 0.125. The van der Waals surface area contributed by atoms with Gasteiger partial charge in [-0.05, 0) is 6.07 Å². The van der Waals surface area contributed by atoms with Crippen molar-refractivity contribution in [2.45, 2.75) is 39.3 Å². The molecule has 0 amide bonds. The zero-order valence-electron chi connectivity index (χ0n) is 13.0. The molecule has 0 bridgehead atoms. The zero-order chi connectivity index (χ0) is 14.8. The Morgan fingerprint density at radius 2 is 1.53 bits per heavy atom. The van der Waals surface area contributed by atoms with Crippen LogP contribution in [-0.4, -0.2) is 16.1 Å². The van der Waals surface area contributed by atoms with Gasteiger partial charge in [0.1, 0.15) is 5.82 Å². The molecule has 0 heterocycles. The highest BCUT2D eigenvalue weighted by Gasteiger charge is 2.25. The average molecular weight is 293 g/mol. The van der Waals surface area contributed by atoms with E-state index in [0.29, 0.717) is 0 Å². The lowest BCUT2D eigenvalue weighted by Crippen LogP contribution is -2.27. The number of hydrogen-bond acceptors (Lipinski definition) is 0. The Kier molecular flexibility index (Phi) is 4.74. The molecule has 0 aromatic heterocycles. The maximum atomic E-state index is 14.1. The van der Waals surface area contributed by atoms with Crippen LogP contribution in [0.1, 0.15) is 5.56 Å². The summed E-state index contributed by atoms with van der Waals surface area (Å²) in [6, 6.07) is 7.08. The summed E-state index contributed by atoms with van der Waals surface area (Å²) in [5.41, 5.74) is 0.751. The molecule has 1 rings (SSSR count). The molecule has 0 saturated carbocycles. The Morgan fingerprint density at radius 1 is 1.00 bits per heavy atom. The summed E-state index contributed by atoms with van der Waals surface area (Å²) in [7, 11) is -3.04. The van der Waals surface area contributed by atoms with Gasteiger partial charge in [-0.3, -0.25) is 0 Å². The first-order chi connectivity index (χ1) is 8.53. The topological polar surface area (TPSA) is 0 Å². The smallest absolute Gasteiger partial charge is 0.130 e. The third-order valence-electron chi connectivity index (χ3n) is 3.25. The molecule has 0 aliphatic carbocycles. The van der Waals surface area contributed by atoms with E-state index in [2.05, 4.69) is 51.9 Å². The number of benzene rings is 1. The van der Waals surface area contributed by atoms with Crippen molar-refractivity contribution in [2.75, 3.05) is 0 Å². The first-order valence-electron chi connectivity index (χ1n) is 6.70. The highest BCUT2D eigenvalue weighted by atomic mass is 28.3. The van der Waals surface area contributed by atoms with Crippen LogP contribution in [0.2, 0.25) is 39.3 Å². The van der Waals surface area contributed by atoms with Crippen LogP contribution in [0.25, 0.3) is 5.20 Å². The first kappa shape index (κ1) is 16.1. The van der Waals surface area contributed by atoms with Crippen molar-refractivity contribution in [2.24, 2.45) is 0 Å². The van der Waals surface area contributed by atoms with Gasteiger partial charge in [-0.25, -0.2) is 4.39 Å². The van der Waals surface area contributed by atoms with Gasteiger partial charge in [0.05, 0.1) is 16.1 Å². The second-order valence-corrected chi connectivity index (χ2v) is 17.2. The van der Waals surface area contributed by atoms with Gasteiger partial charge in [0.2, 0.25) is 0 Å². The van der Waals surface area contributed by atoms with Crippen LogP contribution in [0.3, 0.4) is 0 Å². The van der Waals surface area contributed by atoms with Gasteiger partial charge >= 0.3 is 0 Å². The standard InChI is InChI=1S/C16H25FSi2/c1-13(18(2,3)4)12-16(19(5,6)7)14-10-8-9-11-15(14)17/h8-12H,1H2,2-7H3/b16-12-. The van der Waals surface area contributed by atoms with Gasteiger partial charge in [0, 0.05) is 5.56 Å². The highest BCUT2D eigenvalue weighted by Crippen LogP contribution is 2.30. The molecule has 0 N–H and O–H groups in total. The van der Waals surface area contributed by atoms with Crippen molar-refractivity contribution in [1.29, 1.82) is 0 Å². The van der Waals surface area contributed by atoms with E-state index >= 15 is 0 Å². The van der Waals surface area contributed by atoms with Crippen molar-refractivity contribution in [3.05, 3.63) is 53.5 Å². The summed E-state index contributed by atoms with van der Waals surface area (Å²) in [6.07, 6.45) is 2.16. The van der Waals surface area contributed by atoms with Crippen LogP contribution in [0.5, 0.6) is 0 Å². The van der Waals surface area contributed by atoms with Gasteiger partial charge in [-0.2, -0.15) is 0 Å². The molecule has 0 nitrogen and oxygen atoms in total. The van der Waals surface area contributed by atoms with Crippen LogP contribution < -0.4 is 0 Å². The first-order valence-corrected chi connectivity index (χ1v) is 13.7. The van der Waals surface area contributed by atoms with Crippen molar-refractivity contribution < 1.29 is 4.39 Å². The number of allylic oxidation sites excluding steroid dienone is 2. The third kappa shape index (κ3) is 4.28. The van der Waals surface area contributed by atoms with Gasteiger partial charge in [0.25, 0.3) is 0 Å². The number of rotatable bonds is 4. The minimum Gasteiger partial charge on any atom is -0.206 e. The van der Waals surface area contributed by atoms with Crippen molar-refractivity contribution in [1.82, 2.24) is 0 Å². The summed E-state index contributed by atoms with van der Waals surface area (Å²) >= 11 is 0. The zero-order valence-corrected chi connectivity index (χ0v) is 15.0. The molecular formula is C16H25FSi2. The van der Waals surface area contributed by atoms with Gasteiger partial charge in [0.15, 0.2) is 0 Å². The molecule has 19 heavy (non-hydrogen) atoms. The molecule has 0 atom stereocenters. The fraction of sp³-hybridized carbons (Fsp3) is 0.375. The molecule has 0 fully saturated rings. The summed E-state index contributed by atoms with van der Waals surface area (Å²) in [6.45, 7) is 17.8. The lowest BCUT2D eigenvalue weighted by Gasteiger charge is -2.25. The maximum absolute atomic E-state index is 14.1. The van der Waals surface area contributed by atoms with E-state index in [9.17, 15) is 4.39 Å². The van der Waals surface area contributed by atoms with Gasteiger partial charge < -0.3 is 0 Å². The van der Waals surface area contributed by atoms with Crippen LogP contribution in [-0.2, 0) is 0 Å². The van der Waals surface area contributed by atoms with Crippen LogP contribution >= 0.6 is 0 Å². The van der Waals surface area contributed by atoms with E-state index in [1.807, 2.05) is 12.1 Å². The van der Waals surface area contributed by atoms with Crippen LogP contribution in [0.4, 0.5) is 4.39 Å². The molecular weight excluding hydrogens is 267 g/mol. The maximum Gasteiger partial charge on any atom is 0.130 e. The Balaban J connectivity index is 3.38. The second-order valence-electron chi connectivity index (χ2n) is 7.06. The van der Waals surface area contributed by atoms with E-state index in [1.165, 1.54) is 5.20 Å². The van der Waals surface area contributed by atoms with E-state index in [1.54, 1.807) is 12.1 Å². The largest absolute Gasteiger partial charge is 0.206 e. The Bertz CT molecular complexity index is 502. The summed E-state index contributed by atoms with van der Waals surface area (Å²) < 4.78 is 14.1. The van der Waals surface area contributed by atoms with E-state index in [4.69, 9.17) is 0 Å². The van der Waals surface area contributed by atoms with Crippen molar-refractivity contribution in [3.8, 4) is 0 Å². The lowest BCUT2D eigenvalue weighted by molar-refractivity contribution is 0.624. The van der Waals surface area contributed by atoms with Crippen LogP contribution in [0, 0.1) is 5.82 Å². The molecule has 0 unspecified atom stereocenters. The predicted octanol–water partition coefficient (Wildman–Crippen LogP) is 5.52. The quantitative estimate of drug-likeness (QED) is 0.506. The fourth-order valence-electron chi connectivity index (χ4n) is 1.77. The average Bonchev–Trinajstić information content (AvgIpc) is 2.24. The summed E-state index contributed by atoms with van der Waals surface area (Å²) in [5, 5.41) is 2.35. The molecule has 1 aromatic carbocycles. The fourth-order valence-corrected chi connectivity index (χ4v) is 4.11. The Morgan fingerprint density at radius 3 is 1.95 bits per heavy atom. The second kappa shape index (κ2) is 5.59. The SMILES string of the molecule is C=C(/C=C(/c1ccccc1F)[Si](C)(C)C)[Si](C)(C)C. The molecule has 3 heteroatoms. The summed E-state index contributed by atoms with van der Waals surface area (Å²) in [5.74, 6) is -0.125. The number of hydrogen-bond donors (Lipinski definition) is 0.